The first-order valence-electron chi connectivity index (χ1n) is 8.76. The molecular weight excluding hydrogens is 376 g/mol. The number of ether oxygens (including phenoxy) is 2. The zero-order chi connectivity index (χ0) is 19.7. The lowest BCUT2D eigenvalue weighted by Gasteiger charge is -2.19. The van der Waals surface area contributed by atoms with Gasteiger partial charge in [-0.3, -0.25) is 4.79 Å². The van der Waals surface area contributed by atoms with Crippen molar-refractivity contribution in [3.05, 3.63) is 59.4 Å². The molecule has 2 aromatic heterocycles. The highest BCUT2D eigenvalue weighted by molar-refractivity contribution is 8.00. The number of hydrogen-bond donors (Lipinski definition) is 1. The summed E-state index contributed by atoms with van der Waals surface area (Å²) in [5, 5.41) is 7.53. The van der Waals surface area contributed by atoms with Gasteiger partial charge in [-0.1, -0.05) is 6.07 Å². The first kappa shape index (κ1) is 18.4. The van der Waals surface area contributed by atoms with Crippen LogP contribution in [-0.2, 0) is 4.79 Å². The second-order valence-electron chi connectivity index (χ2n) is 6.29. The van der Waals surface area contributed by atoms with E-state index in [0.717, 1.165) is 28.3 Å². The number of rotatable bonds is 4. The molecule has 0 radical (unpaired) electrons. The average Bonchev–Trinajstić information content (AvgIpc) is 2.93. The van der Waals surface area contributed by atoms with E-state index >= 15 is 0 Å². The van der Waals surface area contributed by atoms with Gasteiger partial charge in [0, 0.05) is 17.3 Å². The van der Waals surface area contributed by atoms with Crippen LogP contribution in [0.4, 0.5) is 5.82 Å². The number of pyridine rings is 1. The van der Waals surface area contributed by atoms with Crippen molar-refractivity contribution in [2.45, 2.75) is 12.2 Å². The molecule has 7 nitrogen and oxygen atoms in total. The van der Waals surface area contributed by atoms with E-state index in [1.165, 1.54) is 11.8 Å². The van der Waals surface area contributed by atoms with Crippen molar-refractivity contribution in [1.29, 1.82) is 0 Å². The Morgan fingerprint density at radius 3 is 2.79 bits per heavy atom. The molecule has 144 valence electrons. The van der Waals surface area contributed by atoms with E-state index in [1.54, 1.807) is 25.1 Å². The van der Waals surface area contributed by atoms with Gasteiger partial charge in [0.15, 0.2) is 5.82 Å². The molecule has 4 rings (SSSR count). The Kier molecular flexibility index (Phi) is 4.95. The van der Waals surface area contributed by atoms with Crippen molar-refractivity contribution in [3.63, 3.8) is 0 Å². The number of benzene rings is 1. The minimum atomic E-state index is -0.142. The third kappa shape index (κ3) is 3.20. The van der Waals surface area contributed by atoms with Crippen molar-refractivity contribution in [1.82, 2.24) is 14.8 Å². The fourth-order valence-corrected chi connectivity index (χ4v) is 4.52. The van der Waals surface area contributed by atoms with Crippen LogP contribution in [0, 0.1) is 6.92 Å². The lowest BCUT2D eigenvalue weighted by atomic mass is 10.0. The van der Waals surface area contributed by atoms with Gasteiger partial charge < -0.3 is 14.8 Å². The molecule has 0 bridgehead atoms. The van der Waals surface area contributed by atoms with Crippen LogP contribution in [0.25, 0.3) is 5.82 Å². The zero-order valence-electron chi connectivity index (χ0n) is 15.8. The molecule has 0 saturated carbocycles. The van der Waals surface area contributed by atoms with Gasteiger partial charge in [0.25, 0.3) is 0 Å². The molecule has 1 aliphatic heterocycles. The molecule has 28 heavy (non-hydrogen) atoms. The van der Waals surface area contributed by atoms with Crippen molar-refractivity contribution < 1.29 is 14.3 Å². The molecular formula is C20H20N4O3S. The molecule has 8 heteroatoms. The van der Waals surface area contributed by atoms with Crippen LogP contribution >= 0.6 is 11.8 Å². The summed E-state index contributed by atoms with van der Waals surface area (Å²) in [6.07, 6.45) is 1.70. The number of aromatic nitrogens is 3. The molecule has 1 aromatic carbocycles. The summed E-state index contributed by atoms with van der Waals surface area (Å²) < 4.78 is 12.7. The number of nitrogens with zero attached hydrogens (tertiary/aromatic N) is 3. The Bertz CT molecular complexity index is 1020. The van der Waals surface area contributed by atoms with E-state index in [4.69, 9.17) is 9.47 Å². The van der Waals surface area contributed by atoms with Gasteiger partial charge in [-0.25, -0.2) is 4.98 Å². The molecule has 1 aliphatic rings. The second-order valence-corrected chi connectivity index (χ2v) is 7.39. The van der Waals surface area contributed by atoms with E-state index in [2.05, 4.69) is 15.4 Å². The average molecular weight is 396 g/mol. The van der Waals surface area contributed by atoms with Gasteiger partial charge in [-0.05, 0) is 37.3 Å². The SMILES string of the molecule is COc1ccc(OC)c([C@H]2SCC(=O)Nc3c2c(C)nn3-c2ccccn2)c1. The first-order chi connectivity index (χ1) is 13.6. The summed E-state index contributed by atoms with van der Waals surface area (Å²) in [4.78, 5) is 16.8. The summed E-state index contributed by atoms with van der Waals surface area (Å²) in [5.74, 6) is 3.01. The van der Waals surface area contributed by atoms with Gasteiger partial charge in [-0.2, -0.15) is 9.78 Å². The third-order valence-electron chi connectivity index (χ3n) is 4.59. The van der Waals surface area contributed by atoms with Crippen molar-refractivity contribution in [2.24, 2.45) is 0 Å². The molecule has 1 N–H and O–H groups in total. The summed E-state index contributed by atoms with van der Waals surface area (Å²) in [5.41, 5.74) is 2.70. The van der Waals surface area contributed by atoms with E-state index in [0.29, 0.717) is 17.4 Å². The number of anilines is 1. The fraction of sp³-hybridized carbons (Fsp3) is 0.250. The molecule has 1 amide bonds. The largest absolute Gasteiger partial charge is 0.497 e. The highest BCUT2D eigenvalue weighted by Gasteiger charge is 2.32. The first-order valence-corrected chi connectivity index (χ1v) is 9.81. The van der Waals surface area contributed by atoms with Crippen LogP contribution in [0.5, 0.6) is 11.5 Å². The van der Waals surface area contributed by atoms with E-state index in [-0.39, 0.29) is 11.2 Å². The number of amides is 1. The standard InChI is InChI=1S/C20H20N4O3S/c1-12-18-19(14-10-13(26-2)7-8-15(14)27-3)28-11-17(25)22-20(18)24(23-12)16-6-4-5-9-21-16/h4-10,19H,11H2,1-3H3,(H,22,25)/t19-/m1/s1. The van der Waals surface area contributed by atoms with Crippen LogP contribution < -0.4 is 14.8 Å². The number of thioether (sulfide) groups is 1. The Balaban J connectivity index is 1.92. The summed E-state index contributed by atoms with van der Waals surface area (Å²) in [6.45, 7) is 1.94. The number of aryl methyl sites for hydroxylation is 1. The van der Waals surface area contributed by atoms with Crippen LogP contribution in [0.1, 0.15) is 22.1 Å². The Hall–Kier alpha value is -3.00. The van der Waals surface area contributed by atoms with Crippen LogP contribution in [-0.4, -0.2) is 40.6 Å². The number of carbonyl (C=O) groups is 1. The Labute approximate surface area is 167 Å². The Morgan fingerprint density at radius 2 is 2.07 bits per heavy atom. The molecule has 3 aromatic rings. The van der Waals surface area contributed by atoms with Crippen molar-refractivity contribution in [3.8, 4) is 17.3 Å². The molecule has 0 unspecified atom stereocenters. The van der Waals surface area contributed by atoms with Gasteiger partial charge >= 0.3 is 0 Å². The lowest BCUT2D eigenvalue weighted by Crippen LogP contribution is -2.16. The van der Waals surface area contributed by atoms with Crippen LogP contribution in [0.15, 0.2) is 42.6 Å². The number of fused-ring (bicyclic) bond motifs is 1. The molecule has 0 fully saturated rings. The van der Waals surface area contributed by atoms with Crippen molar-refractivity contribution in [2.75, 3.05) is 25.3 Å². The smallest absolute Gasteiger partial charge is 0.235 e. The molecule has 0 spiro atoms. The Morgan fingerprint density at radius 1 is 1.21 bits per heavy atom. The van der Waals surface area contributed by atoms with Crippen LogP contribution in [0.3, 0.4) is 0 Å². The highest BCUT2D eigenvalue weighted by atomic mass is 32.2. The van der Waals surface area contributed by atoms with Crippen LogP contribution in [0.2, 0.25) is 0 Å². The highest BCUT2D eigenvalue weighted by Crippen LogP contribution is 2.47. The van der Waals surface area contributed by atoms with E-state index < -0.39 is 0 Å². The van der Waals surface area contributed by atoms with Gasteiger partial charge in [0.05, 0.1) is 30.9 Å². The molecule has 0 saturated heterocycles. The lowest BCUT2D eigenvalue weighted by molar-refractivity contribution is -0.113. The molecule has 3 heterocycles. The number of methoxy groups -OCH3 is 2. The number of hydrogen-bond acceptors (Lipinski definition) is 6. The topological polar surface area (TPSA) is 78.3 Å². The maximum absolute atomic E-state index is 12.4. The molecule has 0 aliphatic carbocycles. The maximum atomic E-state index is 12.4. The van der Waals surface area contributed by atoms with Gasteiger partial charge in [-0.15, -0.1) is 11.8 Å². The third-order valence-corrected chi connectivity index (χ3v) is 5.85. The van der Waals surface area contributed by atoms with Crippen molar-refractivity contribution >= 4 is 23.5 Å². The second kappa shape index (κ2) is 7.55. The monoisotopic (exact) mass is 396 g/mol. The summed E-state index contributed by atoms with van der Waals surface area (Å²) >= 11 is 1.54. The predicted octanol–water partition coefficient (Wildman–Crippen LogP) is 3.37. The number of carbonyl (C=O) groups excluding carboxylic acids is 1. The van der Waals surface area contributed by atoms with Gasteiger partial charge in [0.2, 0.25) is 5.91 Å². The maximum Gasteiger partial charge on any atom is 0.235 e. The number of nitrogens with one attached hydrogen (secondary N) is 1. The fourth-order valence-electron chi connectivity index (χ4n) is 3.32. The predicted molar refractivity (Wildman–Crippen MR) is 109 cm³/mol. The van der Waals surface area contributed by atoms with Gasteiger partial charge in [0.1, 0.15) is 17.3 Å². The minimum Gasteiger partial charge on any atom is -0.497 e. The van der Waals surface area contributed by atoms with E-state index in [9.17, 15) is 4.79 Å². The molecule has 1 atom stereocenters. The minimum absolute atomic E-state index is 0.0762. The normalized spacial score (nSPS) is 16.1. The zero-order valence-corrected chi connectivity index (χ0v) is 16.6. The quantitative estimate of drug-likeness (QED) is 0.729. The van der Waals surface area contributed by atoms with E-state index in [1.807, 2.05) is 43.3 Å². The summed E-state index contributed by atoms with van der Waals surface area (Å²) in [7, 11) is 3.27. The summed E-state index contributed by atoms with van der Waals surface area (Å²) in [6, 6.07) is 11.3.